The van der Waals surface area contributed by atoms with Gasteiger partial charge in [0.05, 0.1) is 31.7 Å². The van der Waals surface area contributed by atoms with Gasteiger partial charge >= 0.3 is 0 Å². The highest BCUT2D eigenvalue weighted by Crippen LogP contribution is 2.39. The molecule has 1 saturated heterocycles. The van der Waals surface area contributed by atoms with E-state index in [9.17, 15) is 4.79 Å². The number of hydrogen-bond acceptors (Lipinski definition) is 8. The Morgan fingerprint density at radius 2 is 1.71 bits per heavy atom. The number of nitrogens with one attached hydrogen (secondary N) is 1. The first kappa shape index (κ1) is 27.4. The molecule has 0 saturated carbocycles. The first-order valence-corrected chi connectivity index (χ1v) is 13.3. The molecule has 0 radical (unpaired) electrons. The maximum Gasteiger partial charge on any atom is 0.243 e. The van der Waals surface area contributed by atoms with Crippen LogP contribution in [0.15, 0.2) is 24.3 Å². The second-order valence-corrected chi connectivity index (χ2v) is 9.78. The zero-order chi connectivity index (χ0) is 27.1. The van der Waals surface area contributed by atoms with E-state index in [1.54, 1.807) is 19.7 Å². The van der Waals surface area contributed by atoms with E-state index in [0.717, 1.165) is 77.9 Å². The number of anilines is 1. The van der Waals surface area contributed by atoms with Gasteiger partial charge in [0.1, 0.15) is 23.1 Å². The normalized spacial score (nSPS) is 13.4. The number of methoxy groups -OCH3 is 2. The van der Waals surface area contributed by atoms with Gasteiger partial charge in [0.15, 0.2) is 5.82 Å². The number of unbranched alkanes of at least 4 members (excludes halogenated alkanes) is 2. The van der Waals surface area contributed by atoms with E-state index in [4.69, 9.17) is 29.4 Å². The predicted molar refractivity (Wildman–Crippen MR) is 148 cm³/mol. The third kappa shape index (κ3) is 6.27. The van der Waals surface area contributed by atoms with Crippen molar-refractivity contribution in [1.82, 2.24) is 15.4 Å². The maximum absolute atomic E-state index is 11.1. The minimum absolute atomic E-state index is 0.312. The van der Waals surface area contributed by atoms with Gasteiger partial charge in [0.25, 0.3) is 0 Å². The number of hydrogen-bond donors (Lipinski definition) is 2. The lowest BCUT2D eigenvalue weighted by Gasteiger charge is -2.29. The van der Waals surface area contributed by atoms with Crippen molar-refractivity contribution in [1.29, 1.82) is 0 Å². The number of carbonyl (C=O) groups is 1. The van der Waals surface area contributed by atoms with Crippen molar-refractivity contribution in [3.63, 3.8) is 0 Å². The molecule has 0 spiro atoms. The van der Waals surface area contributed by atoms with Crippen LogP contribution in [-0.4, -0.2) is 55.0 Å². The Bertz CT molecular complexity index is 1250. The average molecular weight is 523 g/mol. The maximum atomic E-state index is 11.1. The van der Waals surface area contributed by atoms with Crippen LogP contribution in [0.1, 0.15) is 56.1 Å². The SMILES string of the molecule is COc1cc(OC)c2c(N3CCCCC3)nc(-c3cc(C)c(OCCCCCC(=O)NO)c(C)c3)nc2c1. The molecule has 4 rings (SSSR count). The zero-order valence-corrected chi connectivity index (χ0v) is 22.8. The topological polar surface area (TPSA) is 106 Å². The lowest BCUT2D eigenvalue weighted by Crippen LogP contribution is -2.30. The fraction of sp³-hybridized carbons (Fsp3) is 0.483. The molecular weight excluding hydrogens is 484 g/mol. The lowest BCUT2D eigenvalue weighted by atomic mass is 10.0. The van der Waals surface area contributed by atoms with Crippen molar-refractivity contribution in [3.8, 4) is 28.6 Å². The molecule has 38 heavy (non-hydrogen) atoms. The van der Waals surface area contributed by atoms with Gasteiger partial charge < -0.3 is 19.1 Å². The Kier molecular flexibility index (Phi) is 9.23. The first-order chi connectivity index (χ1) is 18.4. The van der Waals surface area contributed by atoms with E-state index < -0.39 is 0 Å². The molecule has 0 bridgehead atoms. The Hall–Kier alpha value is -3.59. The summed E-state index contributed by atoms with van der Waals surface area (Å²) < 4.78 is 17.4. The molecule has 9 heteroatoms. The van der Waals surface area contributed by atoms with Crippen molar-refractivity contribution in [3.05, 3.63) is 35.4 Å². The molecule has 2 aromatic carbocycles. The number of nitrogens with zero attached hydrogens (tertiary/aromatic N) is 3. The van der Waals surface area contributed by atoms with E-state index in [-0.39, 0.29) is 5.91 Å². The minimum atomic E-state index is -0.357. The van der Waals surface area contributed by atoms with Crippen LogP contribution >= 0.6 is 0 Å². The van der Waals surface area contributed by atoms with Gasteiger partial charge in [0.2, 0.25) is 5.91 Å². The van der Waals surface area contributed by atoms with Crippen molar-refractivity contribution < 1.29 is 24.2 Å². The summed E-state index contributed by atoms with van der Waals surface area (Å²) in [5, 5.41) is 9.49. The smallest absolute Gasteiger partial charge is 0.243 e. The van der Waals surface area contributed by atoms with Crippen molar-refractivity contribution in [2.24, 2.45) is 0 Å². The highest BCUT2D eigenvalue weighted by Gasteiger charge is 2.22. The van der Waals surface area contributed by atoms with Gasteiger partial charge in [-0.05, 0) is 75.6 Å². The predicted octanol–water partition coefficient (Wildman–Crippen LogP) is 5.37. The molecule has 0 unspecified atom stereocenters. The van der Waals surface area contributed by atoms with Gasteiger partial charge in [-0.3, -0.25) is 10.0 Å². The molecule has 0 atom stereocenters. The Balaban J connectivity index is 1.63. The van der Waals surface area contributed by atoms with Crippen LogP contribution in [-0.2, 0) is 4.79 Å². The summed E-state index contributed by atoms with van der Waals surface area (Å²) in [6.45, 7) is 6.55. The molecule has 2 heterocycles. The van der Waals surface area contributed by atoms with Gasteiger partial charge in [-0.15, -0.1) is 0 Å². The monoisotopic (exact) mass is 522 g/mol. The van der Waals surface area contributed by atoms with Crippen molar-refractivity contribution in [2.75, 3.05) is 38.8 Å². The fourth-order valence-electron chi connectivity index (χ4n) is 5.03. The molecule has 1 fully saturated rings. The Morgan fingerprint density at radius 1 is 0.974 bits per heavy atom. The van der Waals surface area contributed by atoms with Crippen LogP contribution in [0.25, 0.3) is 22.3 Å². The molecule has 3 aromatic rings. The van der Waals surface area contributed by atoms with Crippen LogP contribution in [0.4, 0.5) is 5.82 Å². The quantitative estimate of drug-likeness (QED) is 0.197. The van der Waals surface area contributed by atoms with Crippen molar-refractivity contribution in [2.45, 2.75) is 58.8 Å². The lowest BCUT2D eigenvalue weighted by molar-refractivity contribution is -0.129. The summed E-state index contributed by atoms with van der Waals surface area (Å²) >= 11 is 0. The molecule has 9 nitrogen and oxygen atoms in total. The first-order valence-electron chi connectivity index (χ1n) is 13.3. The van der Waals surface area contributed by atoms with Crippen LogP contribution < -0.4 is 24.6 Å². The number of ether oxygens (including phenoxy) is 3. The highest BCUT2D eigenvalue weighted by molar-refractivity contribution is 5.97. The number of fused-ring (bicyclic) bond motifs is 1. The molecule has 1 aliphatic heterocycles. The molecule has 1 aliphatic rings. The number of hydroxylamine groups is 1. The van der Waals surface area contributed by atoms with Gasteiger partial charge in [0, 0.05) is 37.2 Å². The van der Waals surface area contributed by atoms with Crippen LogP contribution in [0.2, 0.25) is 0 Å². The Morgan fingerprint density at radius 3 is 2.37 bits per heavy atom. The molecule has 204 valence electrons. The standard InChI is InChI=1S/C29H38N4O5/c1-19-15-21(16-20(2)27(19)38-14-10-5-7-11-25(34)32-35)28-30-23-17-22(36-3)18-24(37-4)26(23)29(31-28)33-12-8-6-9-13-33/h15-18,35H,5-14H2,1-4H3,(H,32,34). The molecule has 0 aliphatic carbocycles. The number of benzene rings is 2. The molecular formula is C29H38N4O5. The number of amides is 1. The largest absolute Gasteiger partial charge is 0.497 e. The summed E-state index contributed by atoms with van der Waals surface area (Å²) in [5.74, 6) is 3.46. The second-order valence-electron chi connectivity index (χ2n) is 9.78. The minimum Gasteiger partial charge on any atom is -0.497 e. The fourth-order valence-corrected chi connectivity index (χ4v) is 5.03. The third-order valence-electron chi connectivity index (χ3n) is 6.97. The molecule has 2 N–H and O–H groups in total. The average Bonchev–Trinajstić information content (AvgIpc) is 2.94. The summed E-state index contributed by atoms with van der Waals surface area (Å²) in [7, 11) is 3.31. The van der Waals surface area contributed by atoms with E-state index in [2.05, 4.69) is 17.0 Å². The molecule has 1 aromatic heterocycles. The second kappa shape index (κ2) is 12.8. The van der Waals surface area contributed by atoms with Crippen LogP contribution in [0, 0.1) is 13.8 Å². The van der Waals surface area contributed by atoms with Crippen LogP contribution in [0.5, 0.6) is 17.2 Å². The highest BCUT2D eigenvalue weighted by atomic mass is 16.5. The summed E-state index contributed by atoms with van der Waals surface area (Å²) in [4.78, 5) is 23.5. The van der Waals surface area contributed by atoms with E-state index >= 15 is 0 Å². The van der Waals surface area contributed by atoms with E-state index in [1.807, 2.05) is 26.0 Å². The summed E-state index contributed by atoms with van der Waals surface area (Å²) in [6, 6.07) is 7.98. The molecule has 1 amide bonds. The summed E-state index contributed by atoms with van der Waals surface area (Å²) in [5.41, 5.74) is 5.43. The number of piperidine rings is 1. The van der Waals surface area contributed by atoms with Gasteiger partial charge in [-0.2, -0.15) is 0 Å². The summed E-state index contributed by atoms with van der Waals surface area (Å²) in [6.07, 6.45) is 6.20. The van der Waals surface area contributed by atoms with Crippen LogP contribution in [0.3, 0.4) is 0 Å². The number of aromatic nitrogens is 2. The number of rotatable bonds is 11. The zero-order valence-electron chi connectivity index (χ0n) is 22.8. The van der Waals surface area contributed by atoms with Gasteiger partial charge in [-0.1, -0.05) is 0 Å². The van der Waals surface area contributed by atoms with Gasteiger partial charge in [-0.25, -0.2) is 15.4 Å². The Labute approximate surface area is 224 Å². The number of aryl methyl sites for hydroxylation is 2. The van der Waals surface area contributed by atoms with E-state index in [0.29, 0.717) is 36.8 Å². The van der Waals surface area contributed by atoms with Crippen molar-refractivity contribution >= 4 is 22.6 Å². The number of carbonyl (C=O) groups excluding carboxylic acids is 1. The van der Waals surface area contributed by atoms with E-state index in [1.165, 1.54) is 6.42 Å². The third-order valence-corrected chi connectivity index (χ3v) is 6.97.